The van der Waals surface area contributed by atoms with Gasteiger partial charge in [0.1, 0.15) is 0 Å². The predicted octanol–water partition coefficient (Wildman–Crippen LogP) is 2.76. The van der Waals surface area contributed by atoms with Gasteiger partial charge in [-0.2, -0.15) is 0 Å². The lowest BCUT2D eigenvalue weighted by atomic mass is 9.99. The second-order valence-electron chi connectivity index (χ2n) is 1.86. The molecule has 0 aromatic heterocycles. The number of hydrogen-bond donors (Lipinski definition) is 0. The van der Waals surface area contributed by atoms with Gasteiger partial charge in [-0.05, 0) is 12.8 Å². The molecule has 1 fully saturated rings. The highest BCUT2D eigenvalue weighted by molar-refractivity contribution is 14.1. The van der Waals surface area contributed by atoms with Crippen LogP contribution < -0.4 is 0 Å². The number of halogens is 3. The molecule has 0 heterocycles. The maximum absolute atomic E-state index is 5.80. The summed E-state index contributed by atoms with van der Waals surface area (Å²) in [6.07, 6.45) is 1.91. The summed E-state index contributed by atoms with van der Waals surface area (Å²) < 4.78 is 0.00414. The van der Waals surface area contributed by atoms with E-state index in [1.54, 1.807) is 0 Å². The van der Waals surface area contributed by atoms with Crippen molar-refractivity contribution < 1.29 is 0 Å². The molecule has 0 saturated heterocycles. The van der Waals surface area contributed by atoms with Gasteiger partial charge in [0.15, 0.2) is 0 Å². The first kappa shape index (κ1) is 6.43. The third kappa shape index (κ3) is 1.61. The standard InChI is InChI=1S/C4H5Cl2I/c5-3-1-4(6,7)2-3/h3H,1-2H2. The van der Waals surface area contributed by atoms with Crippen LogP contribution in [0.1, 0.15) is 12.8 Å². The number of rotatable bonds is 0. The van der Waals surface area contributed by atoms with E-state index in [4.69, 9.17) is 23.2 Å². The molecule has 1 aliphatic rings. The lowest BCUT2D eigenvalue weighted by Gasteiger charge is -2.34. The van der Waals surface area contributed by atoms with Crippen molar-refractivity contribution in [2.45, 2.75) is 21.1 Å². The second-order valence-corrected chi connectivity index (χ2v) is 5.90. The van der Waals surface area contributed by atoms with E-state index < -0.39 is 0 Å². The highest BCUT2D eigenvalue weighted by Crippen LogP contribution is 2.46. The fourth-order valence-electron chi connectivity index (χ4n) is 0.588. The van der Waals surface area contributed by atoms with Gasteiger partial charge < -0.3 is 0 Å². The largest absolute Gasteiger partial charge is 0.123 e. The molecule has 0 radical (unpaired) electrons. The van der Waals surface area contributed by atoms with E-state index in [1.807, 2.05) is 0 Å². The van der Waals surface area contributed by atoms with Crippen molar-refractivity contribution in [3.63, 3.8) is 0 Å². The van der Waals surface area contributed by atoms with Crippen LogP contribution in [-0.2, 0) is 0 Å². The van der Waals surface area contributed by atoms with Crippen molar-refractivity contribution in [2.24, 2.45) is 0 Å². The zero-order valence-corrected chi connectivity index (χ0v) is 7.29. The van der Waals surface area contributed by atoms with Gasteiger partial charge >= 0.3 is 0 Å². The molecule has 0 unspecified atom stereocenters. The molecule has 1 aliphatic carbocycles. The van der Waals surface area contributed by atoms with Crippen LogP contribution in [0.4, 0.5) is 0 Å². The fourth-order valence-corrected chi connectivity index (χ4v) is 3.23. The Bertz CT molecular complexity index is 73.8. The van der Waals surface area contributed by atoms with E-state index in [1.165, 1.54) is 0 Å². The van der Waals surface area contributed by atoms with Crippen molar-refractivity contribution in [3.05, 3.63) is 0 Å². The minimum atomic E-state index is 0.00414. The Morgan fingerprint density at radius 1 is 1.57 bits per heavy atom. The second kappa shape index (κ2) is 1.92. The van der Waals surface area contributed by atoms with Crippen LogP contribution in [-0.4, -0.2) is 8.26 Å². The Morgan fingerprint density at radius 2 is 2.00 bits per heavy atom. The van der Waals surface area contributed by atoms with Crippen LogP contribution in [0.2, 0.25) is 0 Å². The van der Waals surface area contributed by atoms with E-state index in [0.717, 1.165) is 12.8 Å². The summed E-state index contributed by atoms with van der Waals surface area (Å²) in [6.45, 7) is 0. The molecule has 0 atom stereocenters. The summed E-state index contributed by atoms with van der Waals surface area (Å²) >= 11 is 13.7. The van der Waals surface area contributed by atoms with Gasteiger partial charge in [0, 0.05) is 5.38 Å². The Kier molecular flexibility index (Phi) is 1.76. The monoisotopic (exact) mass is 250 g/mol. The quantitative estimate of drug-likeness (QED) is 0.458. The third-order valence-corrected chi connectivity index (χ3v) is 2.54. The summed E-state index contributed by atoms with van der Waals surface area (Å²) in [4.78, 5) is 0. The van der Waals surface area contributed by atoms with Crippen LogP contribution in [0, 0.1) is 0 Å². The first-order valence-corrected chi connectivity index (χ1v) is 4.01. The lowest BCUT2D eigenvalue weighted by molar-refractivity contribution is 0.506. The van der Waals surface area contributed by atoms with E-state index >= 15 is 0 Å². The average molecular weight is 251 g/mol. The topological polar surface area (TPSA) is 0 Å². The van der Waals surface area contributed by atoms with Gasteiger partial charge in [-0.25, -0.2) is 0 Å². The van der Waals surface area contributed by atoms with Crippen molar-refractivity contribution >= 4 is 45.8 Å². The fraction of sp³-hybridized carbons (Fsp3) is 1.00. The van der Waals surface area contributed by atoms with Crippen molar-refractivity contribution in [1.82, 2.24) is 0 Å². The highest BCUT2D eigenvalue weighted by Gasteiger charge is 2.38. The van der Waals surface area contributed by atoms with Crippen LogP contribution in [0.25, 0.3) is 0 Å². The molecule has 7 heavy (non-hydrogen) atoms. The molecule has 0 N–H and O–H groups in total. The zero-order valence-electron chi connectivity index (χ0n) is 3.63. The molecular formula is C4H5Cl2I. The van der Waals surface area contributed by atoms with Gasteiger partial charge in [0.25, 0.3) is 0 Å². The highest BCUT2D eigenvalue weighted by atomic mass is 127. The van der Waals surface area contributed by atoms with Gasteiger partial charge in [0.2, 0.25) is 0 Å². The number of alkyl halides is 3. The molecule has 1 rings (SSSR count). The van der Waals surface area contributed by atoms with Gasteiger partial charge in [-0.15, -0.1) is 23.2 Å². The minimum Gasteiger partial charge on any atom is -0.123 e. The molecular weight excluding hydrogens is 246 g/mol. The van der Waals surface area contributed by atoms with E-state index in [-0.39, 0.29) is 2.88 Å². The Hall–Kier alpha value is 1.31. The van der Waals surface area contributed by atoms with Crippen molar-refractivity contribution in [3.8, 4) is 0 Å². The van der Waals surface area contributed by atoms with Gasteiger partial charge in [-0.1, -0.05) is 22.6 Å². The molecule has 0 aromatic carbocycles. The van der Waals surface area contributed by atoms with Gasteiger partial charge in [0.05, 0.1) is 2.88 Å². The molecule has 1 saturated carbocycles. The Morgan fingerprint density at radius 3 is 2.00 bits per heavy atom. The molecule has 0 amide bonds. The van der Waals surface area contributed by atoms with Crippen LogP contribution in [0.15, 0.2) is 0 Å². The lowest BCUT2D eigenvalue weighted by Crippen LogP contribution is -2.32. The third-order valence-electron chi connectivity index (χ3n) is 1.04. The van der Waals surface area contributed by atoms with Crippen LogP contribution in [0.5, 0.6) is 0 Å². The zero-order chi connectivity index (χ0) is 5.49. The molecule has 0 aliphatic heterocycles. The smallest absolute Gasteiger partial charge is 0.0985 e. The van der Waals surface area contributed by atoms with E-state index in [0.29, 0.717) is 5.38 Å². The van der Waals surface area contributed by atoms with E-state index in [9.17, 15) is 0 Å². The molecule has 0 nitrogen and oxygen atoms in total. The molecule has 0 spiro atoms. The van der Waals surface area contributed by atoms with Crippen molar-refractivity contribution in [2.75, 3.05) is 0 Å². The summed E-state index contributed by atoms with van der Waals surface area (Å²) in [5.74, 6) is 0. The molecule has 3 heteroatoms. The maximum Gasteiger partial charge on any atom is 0.0985 e. The summed E-state index contributed by atoms with van der Waals surface area (Å²) in [5.41, 5.74) is 0. The Labute approximate surface area is 66.7 Å². The minimum absolute atomic E-state index is 0.00414. The van der Waals surface area contributed by atoms with Crippen LogP contribution in [0.3, 0.4) is 0 Å². The SMILES string of the molecule is ClC1CC(Cl)(I)C1. The summed E-state index contributed by atoms with van der Waals surface area (Å²) in [6, 6.07) is 0. The molecule has 0 aromatic rings. The predicted molar refractivity (Wildman–Crippen MR) is 41.5 cm³/mol. The first-order valence-electron chi connectivity index (χ1n) is 2.12. The Balaban J connectivity index is 2.29. The summed E-state index contributed by atoms with van der Waals surface area (Å²) in [7, 11) is 0. The molecule has 0 bridgehead atoms. The first-order chi connectivity index (χ1) is 3.10. The van der Waals surface area contributed by atoms with Gasteiger partial charge in [-0.3, -0.25) is 0 Å². The average Bonchev–Trinajstić information content (AvgIpc) is 1.27. The van der Waals surface area contributed by atoms with Crippen LogP contribution >= 0.6 is 45.8 Å². The normalized spacial score (nSPS) is 51.0. The van der Waals surface area contributed by atoms with E-state index in [2.05, 4.69) is 22.6 Å². The maximum atomic E-state index is 5.80. The van der Waals surface area contributed by atoms with Crippen molar-refractivity contribution in [1.29, 1.82) is 0 Å². The molecule has 42 valence electrons. The summed E-state index contributed by atoms with van der Waals surface area (Å²) in [5, 5.41) is 0.342. The number of hydrogen-bond acceptors (Lipinski definition) is 0.